The van der Waals surface area contributed by atoms with Gasteiger partial charge in [-0.05, 0) is 72.2 Å². The fourth-order valence-corrected chi connectivity index (χ4v) is 5.85. The van der Waals surface area contributed by atoms with E-state index in [-0.39, 0.29) is 29.2 Å². The molecule has 0 aliphatic carbocycles. The topological polar surface area (TPSA) is 102 Å². The number of aromatic nitrogens is 3. The lowest BCUT2D eigenvalue weighted by Gasteiger charge is -2.22. The second kappa shape index (κ2) is 13.8. The molecule has 0 spiro atoms. The highest BCUT2D eigenvalue weighted by atomic mass is 32.2. The number of anilines is 1. The molecule has 0 radical (unpaired) electrons. The molecule has 1 aromatic heterocycles. The van der Waals surface area contributed by atoms with Gasteiger partial charge in [0.25, 0.3) is 0 Å². The summed E-state index contributed by atoms with van der Waals surface area (Å²) in [4.78, 5) is 35.7. The van der Waals surface area contributed by atoms with Gasteiger partial charge in [0.05, 0.1) is 17.1 Å². The van der Waals surface area contributed by atoms with Gasteiger partial charge in [-0.3, -0.25) is 9.69 Å². The molecule has 0 saturated carbocycles. The summed E-state index contributed by atoms with van der Waals surface area (Å²) in [5, 5.41) is 7.69. The zero-order valence-corrected chi connectivity index (χ0v) is 26.5. The standard InChI is InChI=1S/C33H33F3N6O3S/c1-20(2)27-14-5-21(3)16-28(27)42-29(43)18-46-32(42)39-31(44)37-17-22(4)15-23-6-8-24(9-7-23)30-38-19-41(40-30)25-10-12-26(13-11-25)45-33(34,35)36/h5-14,16,19-20,22H,15,17-18H2,1-4H3,(H,37,44)/b39-32-. The summed E-state index contributed by atoms with van der Waals surface area (Å²) in [7, 11) is 0. The Hall–Kier alpha value is -4.65. The number of amidine groups is 1. The summed E-state index contributed by atoms with van der Waals surface area (Å²) in [6.45, 7) is 8.53. The SMILES string of the molecule is Cc1ccc(C(C)C)c(N2C(=O)CS/C2=N\C(=O)NCC(C)Cc2ccc(-c3ncn(-c4ccc(OC(F)(F)F)cc4)n3)cc2)c1. The predicted molar refractivity (Wildman–Crippen MR) is 172 cm³/mol. The fourth-order valence-electron chi connectivity index (χ4n) is 4.99. The Kier molecular flexibility index (Phi) is 9.80. The van der Waals surface area contributed by atoms with E-state index in [1.165, 1.54) is 47.0 Å². The van der Waals surface area contributed by atoms with Gasteiger partial charge in [-0.1, -0.05) is 68.9 Å². The van der Waals surface area contributed by atoms with E-state index in [9.17, 15) is 22.8 Å². The van der Waals surface area contributed by atoms with E-state index < -0.39 is 12.4 Å². The first-order valence-electron chi connectivity index (χ1n) is 14.7. The van der Waals surface area contributed by atoms with E-state index in [1.54, 1.807) is 4.90 Å². The van der Waals surface area contributed by atoms with Crippen LogP contribution in [0.15, 0.2) is 78.0 Å². The van der Waals surface area contributed by atoms with Crippen LogP contribution in [-0.2, 0) is 11.2 Å². The molecule has 2 heterocycles. The maximum absolute atomic E-state index is 12.8. The third kappa shape index (κ3) is 8.13. The minimum absolute atomic E-state index is 0.101. The summed E-state index contributed by atoms with van der Waals surface area (Å²) >= 11 is 1.26. The maximum Gasteiger partial charge on any atom is 0.573 e. The molecule has 13 heteroatoms. The van der Waals surface area contributed by atoms with E-state index in [2.05, 4.69) is 39.0 Å². The van der Waals surface area contributed by atoms with Crippen LogP contribution in [0.2, 0.25) is 0 Å². The normalized spacial score (nSPS) is 15.1. The Morgan fingerprint density at radius 2 is 1.78 bits per heavy atom. The Bertz CT molecular complexity index is 1740. The number of thioether (sulfide) groups is 1. The number of benzene rings is 3. The van der Waals surface area contributed by atoms with Gasteiger partial charge >= 0.3 is 12.4 Å². The van der Waals surface area contributed by atoms with Crippen molar-refractivity contribution in [3.63, 3.8) is 0 Å². The largest absolute Gasteiger partial charge is 0.573 e. The number of hydrogen-bond acceptors (Lipinski definition) is 6. The number of carbonyl (C=O) groups excluding carboxylic acids is 2. The molecular weight excluding hydrogens is 617 g/mol. The van der Waals surface area contributed by atoms with Crippen LogP contribution in [0.3, 0.4) is 0 Å². The molecule has 0 bridgehead atoms. The first kappa shape index (κ1) is 32.7. The van der Waals surface area contributed by atoms with Gasteiger partial charge in [0.15, 0.2) is 11.0 Å². The number of halogens is 3. The Labute approximate surface area is 268 Å². The van der Waals surface area contributed by atoms with Crippen LogP contribution in [0.4, 0.5) is 23.7 Å². The van der Waals surface area contributed by atoms with E-state index in [4.69, 9.17) is 0 Å². The first-order chi connectivity index (χ1) is 21.9. The van der Waals surface area contributed by atoms with Crippen LogP contribution in [-0.4, -0.2) is 50.5 Å². The molecule has 240 valence electrons. The van der Waals surface area contributed by atoms with Gasteiger partial charge in [0.2, 0.25) is 5.91 Å². The molecule has 1 aliphatic heterocycles. The number of amides is 3. The third-order valence-corrected chi connectivity index (χ3v) is 8.16. The van der Waals surface area contributed by atoms with Gasteiger partial charge in [-0.2, -0.15) is 4.99 Å². The van der Waals surface area contributed by atoms with E-state index in [0.717, 1.165) is 27.9 Å². The quantitative estimate of drug-likeness (QED) is 0.204. The molecule has 4 aromatic rings. The third-order valence-electron chi connectivity index (χ3n) is 7.24. The summed E-state index contributed by atoms with van der Waals surface area (Å²) in [6.07, 6.45) is -2.57. The monoisotopic (exact) mass is 650 g/mol. The zero-order valence-electron chi connectivity index (χ0n) is 25.7. The lowest BCUT2D eigenvalue weighted by atomic mass is 9.99. The number of hydrogen-bond donors (Lipinski definition) is 1. The molecule has 1 unspecified atom stereocenters. The van der Waals surface area contributed by atoms with Gasteiger partial charge in [0, 0.05) is 12.1 Å². The molecule has 3 amide bonds. The summed E-state index contributed by atoms with van der Waals surface area (Å²) < 4.78 is 42.6. The highest BCUT2D eigenvalue weighted by Crippen LogP contribution is 2.34. The molecule has 1 N–H and O–H groups in total. The predicted octanol–water partition coefficient (Wildman–Crippen LogP) is 7.29. The lowest BCUT2D eigenvalue weighted by Crippen LogP contribution is -2.33. The number of ether oxygens (including phenoxy) is 1. The molecule has 3 aromatic carbocycles. The summed E-state index contributed by atoms with van der Waals surface area (Å²) in [5.74, 6) is 0.580. The molecule has 1 fully saturated rings. The van der Waals surface area contributed by atoms with E-state index in [1.807, 2.05) is 56.3 Å². The second-order valence-electron chi connectivity index (χ2n) is 11.4. The zero-order chi connectivity index (χ0) is 33.0. The number of urea groups is 1. The highest BCUT2D eigenvalue weighted by molar-refractivity contribution is 8.15. The molecule has 46 heavy (non-hydrogen) atoms. The summed E-state index contributed by atoms with van der Waals surface area (Å²) in [6, 6.07) is 18.6. The lowest BCUT2D eigenvalue weighted by molar-refractivity contribution is -0.274. The highest BCUT2D eigenvalue weighted by Gasteiger charge is 2.33. The van der Waals surface area contributed by atoms with Crippen LogP contribution < -0.4 is 15.0 Å². The van der Waals surface area contributed by atoms with E-state index >= 15 is 0 Å². The van der Waals surface area contributed by atoms with Crippen molar-refractivity contribution in [3.05, 3.63) is 89.7 Å². The second-order valence-corrected chi connectivity index (χ2v) is 12.3. The van der Waals surface area contributed by atoms with Crippen molar-refractivity contribution < 1.29 is 27.5 Å². The van der Waals surface area contributed by atoms with Crippen molar-refractivity contribution in [3.8, 4) is 22.8 Å². The van der Waals surface area contributed by atoms with E-state index in [0.29, 0.717) is 29.6 Å². The minimum atomic E-state index is -4.76. The smallest absolute Gasteiger partial charge is 0.406 e. The van der Waals surface area contributed by atoms with Crippen LogP contribution in [0.1, 0.15) is 43.4 Å². The number of carbonyl (C=O) groups is 2. The fraction of sp³-hybridized carbons (Fsp3) is 0.303. The van der Waals surface area contributed by atoms with Crippen molar-refractivity contribution in [1.29, 1.82) is 0 Å². The number of nitrogens with one attached hydrogen (secondary N) is 1. The van der Waals surface area contributed by atoms with Crippen molar-refractivity contribution >= 4 is 34.6 Å². The number of aryl methyl sites for hydroxylation is 1. The van der Waals surface area contributed by atoms with Crippen molar-refractivity contribution in [2.45, 2.75) is 46.4 Å². The average molecular weight is 651 g/mol. The average Bonchev–Trinajstić information content (AvgIpc) is 3.63. The van der Waals surface area contributed by atoms with Crippen molar-refractivity contribution in [2.75, 3.05) is 17.2 Å². The minimum Gasteiger partial charge on any atom is -0.406 e. The number of aliphatic imine (C=N–C) groups is 1. The van der Waals surface area contributed by atoms with Crippen LogP contribution in [0.5, 0.6) is 5.75 Å². The molecule has 5 rings (SSSR count). The molecule has 1 aliphatic rings. The van der Waals surface area contributed by atoms with Gasteiger partial charge in [-0.15, -0.1) is 18.3 Å². The maximum atomic E-state index is 12.8. The molecule has 9 nitrogen and oxygen atoms in total. The number of rotatable bonds is 9. The van der Waals surface area contributed by atoms with Gasteiger partial charge < -0.3 is 10.1 Å². The van der Waals surface area contributed by atoms with Crippen LogP contribution in [0.25, 0.3) is 17.1 Å². The van der Waals surface area contributed by atoms with Crippen LogP contribution in [0, 0.1) is 12.8 Å². The number of nitrogens with zero attached hydrogens (tertiary/aromatic N) is 5. The molecule has 1 atom stereocenters. The molecular formula is C33H33F3N6O3S. The van der Waals surface area contributed by atoms with Gasteiger partial charge in [-0.25, -0.2) is 14.5 Å². The Morgan fingerprint density at radius 1 is 1.07 bits per heavy atom. The van der Waals surface area contributed by atoms with Gasteiger partial charge in [0.1, 0.15) is 12.1 Å². The van der Waals surface area contributed by atoms with Crippen molar-refractivity contribution in [2.24, 2.45) is 10.9 Å². The van der Waals surface area contributed by atoms with Crippen LogP contribution >= 0.6 is 11.8 Å². The first-order valence-corrected chi connectivity index (χ1v) is 15.6. The van der Waals surface area contributed by atoms with Crippen molar-refractivity contribution in [1.82, 2.24) is 20.1 Å². The Balaban J connectivity index is 1.16. The summed E-state index contributed by atoms with van der Waals surface area (Å²) in [5.41, 5.74) is 5.18. The Morgan fingerprint density at radius 3 is 2.46 bits per heavy atom. The molecule has 1 saturated heterocycles. The number of alkyl halides is 3.